The first-order chi connectivity index (χ1) is 18.4. The number of aryl methyl sites for hydroxylation is 1. The van der Waals surface area contributed by atoms with E-state index >= 15 is 0 Å². The molecule has 3 aromatic rings. The van der Waals surface area contributed by atoms with Crippen molar-refractivity contribution in [1.82, 2.24) is 9.97 Å². The Bertz CT molecular complexity index is 1340. The zero-order chi connectivity index (χ0) is 28.1. The summed E-state index contributed by atoms with van der Waals surface area (Å²) in [5.74, 6) is 1.71. The van der Waals surface area contributed by atoms with Crippen molar-refractivity contribution in [3.63, 3.8) is 0 Å². The molecule has 1 aliphatic carbocycles. The molecular weight excluding hydrogens is 492 g/mol. The number of aliphatic hydroxyl groups excluding tert-OH is 1. The van der Waals surface area contributed by atoms with Gasteiger partial charge in [0.25, 0.3) is 0 Å². The van der Waals surface area contributed by atoms with E-state index in [1.165, 1.54) is 5.56 Å². The molecule has 8 heteroatoms. The van der Waals surface area contributed by atoms with E-state index in [0.29, 0.717) is 0 Å². The average Bonchev–Trinajstić information content (AvgIpc) is 3.52. The van der Waals surface area contributed by atoms with Gasteiger partial charge in [-0.1, -0.05) is 34.6 Å². The summed E-state index contributed by atoms with van der Waals surface area (Å²) in [5.41, 5.74) is 5.15. The third-order valence-corrected chi connectivity index (χ3v) is 7.92. The van der Waals surface area contributed by atoms with Crippen LogP contribution in [0.4, 0.5) is 11.6 Å². The molecule has 2 fully saturated rings. The number of fused-ring (bicyclic) bond motifs is 2. The van der Waals surface area contributed by atoms with Crippen LogP contribution in [0.3, 0.4) is 0 Å². The highest BCUT2D eigenvalue weighted by Gasteiger charge is 2.54. The molecule has 4 atom stereocenters. The van der Waals surface area contributed by atoms with E-state index in [2.05, 4.69) is 69.3 Å². The number of nitrogens with zero attached hydrogens (tertiary/aromatic N) is 2. The Balaban J connectivity index is 1.61. The molecule has 2 aliphatic rings. The van der Waals surface area contributed by atoms with Crippen molar-refractivity contribution in [3.8, 4) is 11.3 Å². The van der Waals surface area contributed by atoms with Crippen LogP contribution in [0.2, 0.25) is 0 Å². The molecule has 3 N–H and O–H groups in total. The number of ether oxygens (including phenoxy) is 2. The van der Waals surface area contributed by atoms with Gasteiger partial charge < -0.3 is 29.6 Å². The Kier molecular flexibility index (Phi) is 7.42. The minimum absolute atomic E-state index is 0.00281. The summed E-state index contributed by atoms with van der Waals surface area (Å²) < 4.78 is 18.9. The van der Waals surface area contributed by atoms with Gasteiger partial charge in [-0.25, -0.2) is 4.98 Å². The fraction of sp³-hybridized carbons (Fsp3) is 0.613. The fourth-order valence-corrected chi connectivity index (χ4v) is 5.97. The molecule has 5 rings (SSSR count). The Morgan fingerprint density at radius 2 is 1.82 bits per heavy atom. The standard InChI is InChI=1S/C31H44N4O4/c1-9-20-11-18-13-23(37-24(18)14-32-20)25-17(3)21(10-2)28(33-16-30(4,5)6)35-29(25)34-22-12-19(15-36)26-27(22)39-31(7,8)38-26/h11,13-14,19,22,26-27,36H,9-10,12,15-16H2,1-8H3,(H2,33,34,35). The molecule has 3 aromatic heterocycles. The first kappa shape index (κ1) is 27.9. The second-order valence-electron chi connectivity index (χ2n) is 12.7. The molecule has 0 amide bonds. The summed E-state index contributed by atoms with van der Waals surface area (Å²) in [6, 6.07) is 4.12. The van der Waals surface area contributed by atoms with Crippen LogP contribution in [-0.4, -0.2) is 52.3 Å². The lowest BCUT2D eigenvalue weighted by Gasteiger charge is -2.27. The van der Waals surface area contributed by atoms with Crippen LogP contribution >= 0.6 is 0 Å². The lowest BCUT2D eigenvalue weighted by Crippen LogP contribution is -2.35. The second kappa shape index (κ2) is 10.4. The van der Waals surface area contributed by atoms with Crippen LogP contribution in [0.1, 0.15) is 71.7 Å². The molecule has 1 aliphatic heterocycles. The number of hydrogen-bond acceptors (Lipinski definition) is 8. The molecule has 212 valence electrons. The van der Waals surface area contributed by atoms with Gasteiger partial charge in [-0.05, 0) is 68.7 Å². The Hall–Kier alpha value is -2.68. The monoisotopic (exact) mass is 536 g/mol. The summed E-state index contributed by atoms with van der Waals surface area (Å²) in [7, 11) is 0. The van der Waals surface area contributed by atoms with Crippen molar-refractivity contribution >= 4 is 22.6 Å². The van der Waals surface area contributed by atoms with Gasteiger partial charge in [0, 0.05) is 30.1 Å². The van der Waals surface area contributed by atoms with E-state index in [1.54, 1.807) is 0 Å². The van der Waals surface area contributed by atoms with Crippen molar-refractivity contribution in [3.05, 3.63) is 35.2 Å². The van der Waals surface area contributed by atoms with Gasteiger partial charge in [0.2, 0.25) is 0 Å². The molecule has 0 bridgehead atoms. The molecule has 4 heterocycles. The fourth-order valence-electron chi connectivity index (χ4n) is 5.97. The molecule has 0 radical (unpaired) electrons. The van der Waals surface area contributed by atoms with Gasteiger partial charge in [0.05, 0.1) is 23.9 Å². The number of furan rings is 1. The van der Waals surface area contributed by atoms with Crippen LogP contribution in [0.25, 0.3) is 22.3 Å². The lowest BCUT2D eigenvalue weighted by molar-refractivity contribution is -0.158. The maximum absolute atomic E-state index is 10.1. The van der Waals surface area contributed by atoms with Crippen molar-refractivity contribution in [2.24, 2.45) is 11.3 Å². The number of aliphatic hydroxyl groups is 1. The van der Waals surface area contributed by atoms with Gasteiger partial charge in [-0.2, -0.15) is 0 Å². The van der Waals surface area contributed by atoms with Crippen LogP contribution in [-0.2, 0) is 22.3 Å². The highest BCUT2D eigenvalue weighted by atomic mass is 16.8. The van der Waals surface area contributed by atoms with Crippen LogP contribution in [0, 0.1) is 18.3 Å². The van der Waals surface area contributed by atoms with Gasteiger partial charge in [0.1, 0.15) is 23.5 Å². The van der Waals surface area contributed by atoms with E-state index in [9.17, 15) is 5.11 Å². The van der Waals surface area contributed by atoms with Crippen molar-refractivity contribution in [2.45, 2.75) is 98.7 Å². The number of pyridine rings is 2. The van der Waals surface area contributed by atoms with E-state index < -0.39 is 5.79 Å². The van der Waals surface area contributed by atoms with Gasteiger partial charge in [-0.3, -0.25) is 4.98 Å². The predicted octanol–water partition coefficient (Wildman–Crippen LogP) is 6.09. The third kappa shape index (κ3) is 5.52. The molecule has 4 unspecified atom stereocenters. The Morgan fingerprint density at radius 1 is 1.08 bits per heavy atom. The number of anilines is 2. The summed E-state index contributed by atoms with van der Waals surface area (Å²) in [5, 5.41) is 18.5. The van der Waals surface area contributed by atoms with Crippen molar-refractivity contribution < 1.29 is 19.0 Å². The maximum atomic E-state index is 10.1. The highest BCUT2D eigenvalue weighted by molar-refractivity contribution is 5.87. The first-order valence-corrected chi connectivity index (χ1v) is 14.3. The van der Waals surface area contributed by atoms with Crippen molar-refractivity contribution in [1.29, 1.82) is 0 Å². The van der Waals surface area contributed by atoms with Crippen LogP contribution < -0.4 is 10.6 Å². The molecule has 8 nitrogen and oxygen atoms in total. The minimum Gasteiger partial charge on any atom is -0.454 e. The van der Waals surface area contributed by atoms with Gasteiger partial charge in [-0.15, -0.1) is 0 Å². The zero-order valence-corrected chi connectivity index (χ0v) is 24.6. The van der Waals surface area contributed by atoms with Gasteiger partial charge >= 0.3 is 0 Å². The minimum atomic E-state index is -0.691. The number of nitrogens with one attached hydrogen (secondary N) is 2. The summed E-state index contributed by atoms with van der Waals surface area (Å²) in [4.78, 5) is 9.73. The van der Waals surface area contributed by atoms with Crippen molar-refractivity contribution in [2.75, 3.05) is 23.8 Å². The average molecular weight is 537 g/mol. The third-order valence-electron chi connectivity index (χ3n) is 7.92. The normalized spacial score (nSPS) is 24.3. The summed E-state index contributed by atoms with van der Waals surface area (Å²) >= 11 is 0. The molecule has 39 heavy (non-hydrogen) atoms. The SMILES string of the molecule is CCc1cc2cc(-c3c(NC4CC(CO)C5OC(C)(C)OC45)nc(NCC(C)(C)C)c(CC)c3C)oc2cn1. The zero-order valence-electron chi connectivity index (χ0n) is 24.6. The van der Waals surface area contributed by atoms with Gasteiger partial charge in [0.15, 0.2) is 11.4 Å². The molecule has 0 spiro atoms. The Morgan fingerprint density at radius 3 is 2.49 bits per heavy atom. The second-order valence-corrected chi connectivity index (χ2v) is 12.7. The van der Waals surface area contributed by atoms with Crippen LogP contribution in [0.5, 0.6) is 0 Å². The topological polar surface area (TPSA) is 102 Å². The largest absolute Gasteiger partial charge is 0.454 e. The Labute approximate surface area is 231 Å². The van der Waals surface area contributed by atoms with E-state index in [-0.39, 0.29) is 36.2 Å². The van der Waals surface area contributed by atoms with E-state index in [4.69, 9.17) is 18.9 Å². The number of rotatable bonds is 8. The smallest absolute Gasteiger partial charge is 0.163 e. The number of aromatic nitrogens is 2. The molecule has 0 aromatic carbocycles. The first-order valence-electron chi connectivity index (χ1n) is 14.3. The molecule has 1 saturated carbocycles. The number of hydrogen-bond donors (Lipinski definition) is 3. The van der Waals surface area contributed by atoms with E-state index in [0.717, 1.165) is 71.0 Å². The summed E-state index contributed by atoms with van der Waals surface area (Å²) in [6.45, 7) is 17.8. The predicted molar refractivity (Wildman–Crippen MR) is 155 cm³/mol. The van der Waals surface area contributed by atoms with Crippen LogP contribution in [0.15, 0.2) is 22.7 Å². The molecule has 1 saturated heterocycles. The van der Waals surface area contributed by atoms with E-state index in [1.807, 2.05) is 20.0 Å². The summed E-state index contributed by atoms with van der Waals surface area (Å²) in [6.07, 6.45) is 3.90. The lowest BCUT2D eigenvalue weighted by atomic mass is 9.96. The quantitative estimate of drug-likeness (QED) is 0.318. The molecular formula is C31H44N4O4. The maximum Gasteiger partial charge on any atom is 0.163 e. The highest BCUT2D eigenvalue weighted by Crippen LogP contribution is 2.44.